The standard InChI is InChI=1S/C26H25N5O4/c1-17-13-14-18(2)22-21(17)27-23(28-22)29-24(30-25(32)34-15-19-9-5-3-6-10-19)31-26(33)35-16-20-11-7-4-8-12-20/h3-14H,15-16H2,1-2H3,(H3,27,28,29,30,31,32,33). The summed E-state index contributed by atoms with van der Waals surface area (Å²) in [5, 5.41) is 4.91. The molecule has 178 valence electrons. The van der Waals surface area contributed by atoms with E-state index >= 15 is 0 Å². The van der Waals surface area contributed by atoms with Gasteiger partial charge in [-0.3, -0.25) is 10.6 Å². The van der Waals surface area contributed by atoms with Gasteiger partial charge in [-0.25, -0.2) is 14.6 Å². The molecule has 3 aromatic carbocycles. The van der Waals surface area contributed by atoms with Crippen molar-refractivity contribution in [3.63, 3.8) is 0 Å². The molecule has 0 unspecified atom stereocenters. The number of carbonyl (C=O) groups is 2. The van der Waals surface area contributed by atoms with Gasteiger partial charge >= 0.3 is 12.2 Å². The zero-order valence-corrected chi connectivity index (χ0v) is 19.4. The molecule has 0 bridgehead atoms. The number of H-pyrrole nitrogens is 1. The number of nitrogens with zero attached hydrogens (tertiary/aromatic N) is 2. The number of imidazole rings is 1. The third-order valence-corrected chi connectivity index (χ3v) is 5.13. The van der Waals surface area contributed by atoms with Gasteiger partial charge in [0.2, 0.25) is 11.9 Å². The molecule has 1 heterocycles. The van der Waals surface area contributed by atoms with E-state index in [9.17, 15) is 9.59 Å². The topological polar surface area (TPSA) is 118 Å². The van der Waals surface area contributed by atoms with E-state index < -0.39 is 12.2 Å². The van der Waals surface area contributed by atoms with Gasteiger partial charge in [0.15, 0.2) is 0 Å². The van der Waals surface area contributed by atoms with Crippen LogP contribution in [0.15, 0.2) is 77.8 Å². The molecule has 0 atom stereocenters. The summed E-state index contributed by atoms with van der Waals surface area (Å²) in [4.78, 5) is 36.7. The van der Waals surface area contributed by atoms with Gasteiger partial charge in [0, 0.05) is 0 Å². The van der Waals surface area contributed by atoms with Crippen LogP contribution in [-0.2, 0) is 22.7 Å². The summed E-state index contributed by atoms with van der Waals surface area (Å²) in [6.07, 6.45) is -1.58. The number of ether oxygens (including phenoxy) is 2. The zero-order chi connectivity index (χ0) is 24.6. The Balaban J connectivity index is 1.50. The predicted molar refractivity (Wildman–Crippen MR) is 132 cm³/mol. The largest absolute Gasteiger partial charge is 0.444 e. The summed E-state index contributed by atoms with van der Waals surface area (Å²) < 4.78 is 10.5. The summed E-state index contributed by atoms with van der Waals surface area (Å²) in [6.45, 7) is 4.00. The Morgan fingerprint density at radius 1 is 0.800 bits per heavy atom. The van der Waals surface area contributed by atoms with Crippen LogP contribution in [0.2, 0.25) is 0 Å². The number of fused-ring (bicyclic) bond motifs is 1. The van der Waals surface area contributed by atoms with Crippen molar-refractivity contribution in [2.45, 2.75) is 27.1 Å². The molecular formula is C26H25N5O4. The predicted octanol–water partition coefficient (Wildman–Crippen LogP) is 5.02. The fourth-order valence-corrected chi connectivity index (χ4v) is 3.30. The van der Waals surface area contributed by atoms with E-state index in [-0.39, 0.29) is 25.1 Å². The molecule has 3 N–H and O–H groups in total. The average Bonchev–Trinajstić information content (AvgIpc) is 3.30. The first kappa shape index (κ1) is 23.5. The third-order valence-electron chi connectivity index (χ3n) is 5.13. The highest BCUT2D eigenvalue weighted by molar-refractivity contribution is 6.02. The SMILES string of the molecule is Cc1ccc(C)c2[nH]c(N=C(NC(=O)OCc3ccccc3)NC(=O)OCc3ccccc3)nc12. The summed E-state index contributed by atoms with van der Waals surface area (Å²) in [5.74, 6) is 0.0228. The average molecular weight is 472 g/mol. The summed E-state index contributed by atoms with van der Waals surface area (Å²) in [6, 6.07) is 22.4. The molecule has 1 aromatic heterocycles. The van der Waals surface area contributed by atoms with Gasteiger partial charge in [-0.15, -0.1) is 0 Å². The lowest BCUT2D eigenvalue weighted by atomic mass is 10.1. The van der Waals surface area contributed by atoms with Crippen LogP contribution < -0.4 is 10.6 Å². The Labute approximate surface area is 202 Å². The Kier molecular flexibility index (Phi) is 7.37. The number of aryl methyl sites for hydroxylation is 2. The highest BCUT2D eigenvalue weighted by Crippen LogP contribution is 2.22. The number of carbonyl (C=O) groups excluding carboxylic acids is 2. The first-order chi connectivity index (χ1) is 17.0. The Bertz CT molecular complexity index is 1250. The number of amides is 2. The van der Waals surface area contributed by atoms with Gasteiger partial charge in [0.05, 0.1) is 11.0 Å². The minimum Gasteiger partial charge on any atom is -0.444 e. The number of aromatic amines is 1. The maximum atomic E-state index is 12.4. The molecule has 0 saturated heterocycles. The van der Waals surface area contributed by atoms with Crippen molar-refractivity contribution in [3.8, 4) is 0 Å². The molecule has 0 aliphatic heterocycles. The normalized spacial score (nSPS) is 10.5. The lowest BCUT2D eigenvalue weighted by Crippen LogP contribution is -2.44. The second kappa shape index (κ2) is 11.0. The van der Waals surface area contributed by atoms with E-state index in [1.165, 1.54) is 0 Å². The van der Waals surface area contributed by atoms with Crippen LogP contribution in [0, 0.1) is 13.8 Å². The summed E-state index contributed by atoms with van der Waals surface area (Å²) >= 11 is 0. The summed E-state index contributed by atoms with van der Waals surface area (Å²) in [7, 11) is 0. The zero-order valence-electron chi connectivity index (χ0n) is 19.4. The van der Waals surface area contributed by atoms with Crippen molar-refractivity contribution >= 4 is 35.1 Å². The number of hydrogen-bond donors (Lipinski definition) is 3. The van der Waals surface area contributed by atoms with Crippen LogP contribution in [0.3, 0.4) is 0 Å². The molecule has 35 heavy (non-hydrogen) atoms. The first-order valence-electron chi connectivity index (χ1n) is 11.0. The van der Waals surface area contributed by atoms with Gasteiger partial charge < -0.3 is 14.5 Å². The molecule has 0 saturated carbocycles. The quantitative estimate of drug-likeness (QED) is 0.279. The van der Waals surface area contributed by atoms with Crippen molar-refractivity contribution in [3.05, 3.63) is 95.1 Å². The van der Waals surface area contributed by atoms with Crippen molar-refractivity contribution < 1.29 is 19.1 Å². The monoisotopic (exact) mass is 471 g/mol. The van der Waals surface area contributed by atoms with Crippen molar-refractivity contribution in [1.29, 1.82) is 0 Å². The second-order valence-electron chi connectivity index (χ2n) is 7.82. The van der Waals surface area contributed by atoms with Gasteiger partial charge in [-0.2, -0.15) is 4.99 Å². The lowest BCUT2D eigenvalue weighted by Gasteiger charge is -2.11. The summed E-state index contributed by atoms with van der Waals surface area (Å²) in [5.41, 5.74) is 5.17. The highest BCUT2D eigenvalue weighted by Gasteiger charge is 2.15. The fourth-order valence-electron chi connectivity index (χ4n) is 3.30. The third kappa shape index (κ3) is 6.44. The van der Waals surface area contributed by atoms with E-state index in [1.807, 2.05) is 86.6 Å². The van der Waals surface area contributed by atoms with E-state index in [1.54, 1.807) is 0 Å². The van der Waals surface area contributed by atoms with E-state index in [0.717, 1.165) is 33.3 Å². The Morgan fingerprint density at radius 3 is 1.83 bits per heavy atom. The van der Waals surface area contributed by atoms with E-state index in [2.05, 4.69) is 25.6 Å². The number of nitrogens with one attached hydrogen (secondary N) is 3. The minimum absolute atomic E-state index is 0.0570. The maximum absolute atomic E-state index is 12.4. The van der Waals surface area contributed by atoms with Gasteiger partial charge in [0.1, 0.15) is 13.2 Å². The van der Waals surface area contributed by atoms with Crippen LogP contribution in [0.5, 0.6) is 0 Å². The van der Waals surface area contributed by atoms with Crippen molar-refractivity contribution in [1.82, 2.24) is 20.6 Å². The smallest absolute Gasteiger partial charge is 0.414 e. The van der Waals surface area contributed by atoms with Crippen LogP contribution in [-0.4, -0.2) is 28.1 Å². The van der Waals surface area contributed by atoms with E-state index in [0.29, 0.717) is 0 Å². The molecule has 0 aliphatic carbocycles. The minimum atomic E-state index is -0.792. The number of guanidine groups is 1. The maximum Gasteiger partial charge on any atom is 0.414 e. The lowest BCUT2D eigenvalue weighted by molar-refractivity contribution is 0.141. The number of alkyl carbamates (subject to hydrolysis) is 2. The number of rotatable bonds is 5. The number of benzene rings is 3. The van der Waals surface area contributed by atoms with E-state index in [4.69, 9.17) is 9.47 Å². The first-order valence-corrected chi connectivity index (χ1v) is 11.0. The molecule has 4 aromatic rings. The Morgan fingerprint density at radius 2 is 1.31 bits per heavy atom. The van der Waals surface area contributed by atoms with Crippen LogP contribution in [0.1, 0.15) is 22.3 Å². The molecule has 0 aliphatic rings. The van der Waals surface area contributed by atoms with Crippen LogP contribution in [0.4, 0.5) is 15.5 Å². The number of aliphatic imine (C=N–C) groups is 1. The molecule has 0 radical (unpaired) electrons. The van der Waals surface area contributed by atoms with Crippen molar-refractivity contribution in [2.75, 3.05) is 0 Å². The molecule has 9 heteroatoms. The van der Waals surface area contributed by atoms with Crippen LogP contribution >= 0.6 is 0 Å². The highest BCUT2D eigenvalue weighted by atomic mass is 16.6. The molecule has 2 amide bonds. The van der Waals surface area contributed by atoms with Gasteiger partial charge in [-0.1, -0.05) is 72.8 Å². The molecule has 4 rings (SSSR count). The van der Waals surface area contributed by atoms with Crippen LogP contribution in [0.25, 0.3) is 11.0 Å². The van der Waals surface area contributed by atoms with Crippen molar-refractivity contribution in [2.24, 2.45) is 4.99 Å². The molecular weight excluding hydrogens is 446 g/mol. The Hall–Kier alpha value is -4.66. The fraction of sp³-hybridized carbons (Fsp3) is 0.154. The number of hydrogen-bond acceptors (Lipinski definition) is 6. The van der Waals surface area contributed by atoms with Gasteiger partial charge in [-0.05, 0) is 36.1 Å². The second-order valence-corrected chi connectivity index (χ2v) is 7.82. The van der Waals surface area contributed by atoms with Gasteiger partial charge in [0.25, 0.3) is 0 Å². The molecule has 9 nitrogen and oxygen atoms in total. The molecule has 0 fully saturated rings. The molecule has 0 spiro atoms. The number of aromatic nitrogens is 2.